The quantitative estimate of drug-likeness (QED) is 0.573. The van der Waals surface area contributed by atoms with Crippen molar-refractivity contribution in [3.63, 3.8) is 0 Å². The highest BCUT2D eigenvalue weighted by atomic mass is 17.2. The fraction of sp³-hybridized carbons (Fsp3) is 0.143. The predicted octanol–water partition coefficient (Wildman–Crippen LogP) is 3.68. The van der Waals surface area contributed by atoms with E-state index in [0.717, 1.165) is 11.3 Å². The first-order valence-electron chi connectivity index (χ1n) is 5.23. The van der Waals surface area contributed by atoms with Crippen LogP contribution in [0.2, 0.25) is 0 Å². The monoisotopic (exact) mass is 214 g/mol. The minimum atomic E-state index is 0.698. The summed E-state index contributed by atoms with van der Waals surface area (Å²) >= 11 is 0. The van der Waals surface area contributed by atoms with E-state index in [4.69, 9.17) is 9.78 Å². The van der Waals surface area contributed by atoms with E-state index in [1.165, 1.54) is 5.56 Å². The van der Waals surface area contributed by atoms with Gasteiger partial charge in [0.2, 0.25) is 0 Å². The van der Waals surface area contributed by atoms with Crippen molar-refractivity contribution in [2.75, 3.05) is 0 Å². The number of aryl methyl sites for hydroxylation is 1. The normalized spacial score (nSPS) is 9.88. The molecule has 0 saturated carbocycles. The van der Waals surface area contributed by atoms with Gasteiger partial charge in [0.1, 0.15) is 0 Å². The lowest BCUT2D eigenvalue weighted by Crippen LogP contribution is -2.02. The van der Waals surface area contributed by atoms with Crippen LogP contribution in [0.1, 0.15) is 11.1 Å². The zero-order valence-corrected chi connectivity index (χ0v) is 9.44. The lowest BCUT2D eigenvalue weighted by Gasteiger charge is -2.09. The van der Waals surface area contributed by atoms with E-state index in [1.54, 1.807) is 0 Å². The first-order valence-corrected chi connectivity index (χ1v) is 5.23. The summed E-state index contributed by atoms with van der Waals surface area (Å²) in [6, 6.07) is 15.3. The van der Waals surface area contributed by atoms with Gasteiger partial charge in [-0.1, -0.05) is 30.3 Å². The Morgan fingerprint density at radius 1 is 0.750 bits per heavy atom. The average molecular weight is 214 g/mol. The molecule has 2 aromatic carbocycles. The van der Waals surface area contributed by atoms with E-state index in [2.05, 4.69) is 0 Å². The molecule has 0 aliphatic carbocycles. The number of para-hydroxylation sites is 1. The molecule has 0 saturated heterocycles. The molecule has 0 unspecified atom stereocenters. The fourth-order valence-corrected chi connectivity index (χ4v) is 1.38. The third-order valence-corrected chi connectivity index (χ3v) is 2.53. The highest BCUT2D eigenvalue weighted by Gasteiger charge is 2.03. The third-order valence-electron chi connectivity index (χ3n) is 2.53. The molecule has 0 atom stereocenters. The van der Waals surface area contributed by atoms with Crippen LogP contribution in [-0.4, -0.2) is 0 Å². The molecule has 2 nitrogen and oxygen atoms in total. The van der Waals surface area contributed by atoms with Crippen LogP contribution in [0.4, 0.5) is 0 Å². The lowest BCUT2D eigenvalue weighted by atomic mass is 10.1. The van der Waals surface area contributed by atoms with Gasteiger partial charge in [0.15, 0.2) is 11.5 Å². The number of hydrogen-bond donors (Lipinski definition) is 0. The van der Waals surface area contributed by atoms with Crippen LogP contribution in [0.15, 0.2) is 48.5 Å². The highest BCUT2D eigenvalue weighted by Crippen LogP contribution is 2.21. The molecule has 16 heavy (non-hydrogen) atoms. The minimum Gasteiger partial charge on any atom is -0.290 e. The topological polar surface area (TPSA) is 18.5 Å². The van der Waals surface area contributed by atoms with Crippen LogP contribution in [0.25, 0.3) is 0 Å². The summed E-state index contributed by atoms with van der Waals surface area (Å²) in [4.78, 5) is 10.5. The molecule has 2 heteroatoms. The summed E-state index contributed by atoms with van der Waals surface area (Å²) < 4.78 is 0. The molecule has 82 valence electrons. The Hall–Kier alpha value is -1.96. The summed E-state index contributed by atoms with van der Waals surface area (Å²) in [6.45, 7) is 4.06. The Morgan fingerprint density at radius 2 is 1.50 bits per heavy atom. The summed E-state index contributed by atoms with van der Waals surface area (Å²) in [5, 5.41) is 0. The van der Waals surface area contributed by atoms with Crippen molar-refractivity contribution in [1.29, 1.82) is 0 Å². The van der Waals surface area contributed by atoms with E-state index in [0.29, 0.717) is 5.75 Å². The Bertz CT molecular complexity index is 463. The first-order chi connectivity index (χ1) is 7.77. The van der Waals surface area contributed by atoms with Gasteiger partial charge in [-0.15, -0.1) is 0 Å². The predicted molar refractivity (Wildman–Crippen MR) is 63.6 cm³/mol. The summed E-state index contributed by atoms with van der Waals surface area (Å²) in [7, 11) is 0. The van der Waals surface area contributed by atoms with Crippen molar-refractivity contribution in [3.8, 4) is 11.5 Å². The molecule has 0 fully saturated rings. The van der Waals surface area contributed by atoms with Gasteiger partial charge in [0, 0.05) is 0 Å². The molecule has 0 aliphatic heterocycles. The average Bonchev–Trinajstić information content (AvgIpc) is 2.32. The third kappa shape index (κ3) is 2.34. The van der Waals surface area contributed by atoms with Crippen molar-refractivity contribution in [2.45, 2.75) is 13.8 Å². The Balaban J connectivity index is 2.08. The summed E-state index contributed by atoms with van der Waals surface area (Å²) in [5.41, 5.74) is 2.28. The van der Waals surface area contributed by atoms with E-state index in [1.807, 2.05) is 62.4 Å². The van der Waals surface area contributed by atoms with Gasteiger partial charge in [-0.25, -0.2) is 0 Å². The second-order valence-electron chi connectivity index (χ2n) is 3.68. The van der Waals surface area contributed by atoms with Crippen molar-refractivity contribution in [1.82, 2.24) is 0 Å². The maximum Gasteiger partial charge on any atom is 0.181 e. The number of benzene rings is 2. The van der Waals surface area contributed by atoms with Crippen molar-refractivity contribution in [2.24, 2.45) is 0 Å². The second kappa shape index (κ2) is 4.71. The van der Waals surface area contributed by atoms with Gasteiger partial charge in [0.05, 0.1) is 0 Å². The van der Waals surface area contributed by atoms with E-state index in [9.17, 15) is 0 Å². The maximum atomic E-state index is 5.30. The molecule has 0 N–H and O–H groups in total. The van der Waals surface area contributed by atoms with Gasteiger partial charge in [0.25, 0.3) is 0 Å². The zero-order chi connectivity index (χ0) is 11.4. The standard InChI is InChI=1S/C14H14O2/c1-11-7-6-10-14(12(11)2)16-15-13-8-4-3-5-9-13/h3-10H,1-2H3. The second-order valence-corrected chi connectivity index (χ2v) is 3.68. The van der Waals surface area contributed by atoms with Gasteiger partial charge >= 0.3 is 0 Å². The summed E-state index contributed by atoms with van der Waals surface area (Å²) in [5.74, 6) is 1.45. The Kier molecular flexibility index (Phi) is 3.10. The largest absolute Gasteiger partial charge is 0.290 e. The number of rotatable bonds is 3. The molecular formula is C14H14O2. The van der Waals surface area contributed by atoms with Gasteiger partial charge in [-0.05, 0) is 43.2 Å². The van der Waals surface area contributed by atoms with Gasteiger partial charge < -0.3 is 0 Å². The van der Waals surface area contributed by atoms with E-state index >= 15 is 0 Å². The van der Waals surface area contributed by atoms with Crippen LogP contribution in [0.3, 0.4) is 0 Å². The lowest BCUT2D eigenvalue weighted by molar-refractivity contribution is -0.101. The van der Waals surface area contributed by atoms with E-state index < -0.39 is 0 Å². The molecule has 0 heterocycles. The van der Waals surface area contributed by atoms with Crippen molar-refractivity contribution < 1.29 is 9.78 Å². The maximum absolute atomic E-state index is 5.30. The molecule has 0 aromatic heterocycles. The molecule has 2 rings (SSSR count). The molecule has 2 aromatic rings. The van der Waals surface area contributed by atoms with Crippen LogP contribution >= 0.6 is 0 Å². The van der Waals surface area contributed by atoms with Gasteiger partial charge in [-0.2, -0.15) is 0 Å². The Labute approximate surface area is 95.4 Å². The fourth-order valence-electron chi connectivity index (χ4n) is 1.38. The van der Waals surface area contributed by atoms with Crippen molar-refractivity contribution in [3.05, 3.63) is 59.7 Å². The van der Waals surface area contributed by atoms with Crippen LogP contribution in [0.5, 0.6) is 11.5 Å². The first kappa shape index (κ1) is 10.6. The van der Waals surface area contributed by atoms with Crippen molar-refractivity contribution >= 4 is 0 Å². The molecule has 0 bridgehead atoms. The SMILES string of the molecule is Cc1cccc(OOc2ccccc2)c1C. The van der Waals surface area contributed by atoms with Crippen LogP contribution in [0, 0.1) is 13.8 Å². The van der Waals surface area contributed by atoms with Gasteiger partial charge in [-0.3, -0.25) is 9.78 Å². The Morgan fingerprint density at radius 3 is 2.25 bits per heavy atom. The minimum absolute atomic E-state index is 0.698. The highest BCUT2D eigenvalue weighted by molar-refractivity contribution is 5.38. The molecule has 0 aliphatic rings. The van der Waals surface area contributed by atoms with Crippen LogP contribution in [-0.2, 0) is 0 Å². The zero-order valence-electron chi connectivity index (χ0n) is 9.44. The molecule has 0 spiro atoms. The van der Waals surface area contributed by atoms with E-state index in [-0.39, 0.29) is 0 Å². The molecule has 0 radical (unpaired) electrons. The van der Waals surface area contributed by atoms with Crippen LogP contribution < -0.4 is 9.78 Å². The summed E-state index contributed by atoms with van der Waals surface area (Å²) in [6.07, 6.45) is 0. The molecule has 0 amide bonds. The molecular weight excluding hydrogens is 200 g/mol. The smallest absolute Gasteiger partial charge is 0.181 e. The number of hydrogen-bond acceptors (Lipinski definition) is 2.